The number of hydrogen-bond donors (Lipinski definition) is 1. The number of hydrogen-bond acceptors (Lipinski definition) is 9. The van der Waals surface area contributed by atoms with Crippen LogP contribution in [0.3, 0.4) is 0 Å². The molecule has 0 saturated carbocycles. The van der Waals surface area contributed by atoms with Gasteiger partial charge in [0.15, 0.2) is 18.5 Å². The second kappa shape index (κ2) is 14.4. The average Bonchev–Trinajstić information content (AvgIpc) is 3.06. The number of esters is 3. The predicted molar refractivity (Wildman–Crippen MR) is 154 cm³/mol. The summed E-state index contributed by atoms with van der Waals surface area (Å²) < 4.78 is 29.1. The van der Waals surface area contributed by atoms with Gasteiger partial charge in [0.25, 0.3) is 0 Å². The van der Waals surface area contributed by atoms with E-state index >= 15 is 0 Å². The van der Waals surface area contributed by atoms with Gasteiger partial charge in [-0.3, -0.25) is 0 Å². The van der Waals surface area contributed by atoms with E-state index in [0.717, 1.165) is 5.56 Å². The van der Waals surface area contributed by atoms with E-state index in [-0.39, 0.29) is 24.3 Å². The maximum atomic E-state index is 13.3. The van der Waals surface area contributed by atoms with E-state index in [1.165, 1.54) is 0 Å². The molecule has 9 nitrogen and oxygen atoms in total. The zero-order valence-electron chi connectivity index (χ0n) is 23.1. The number of carbonyl (C=O) groups excluding carboxylic acids is 3. The third-order valence-electron chi connectivity index (χ3n) is 6.79. The van der Waals surface area contributed by atoms with Crippen LogP contribution in [0.4, 0.5) is 0 Å². The van der Waals surface area contributed by atoms with Gasteiger partial charge in [0.1, 0.15) is 18.8 Å². The van der Waals surface area contributed by atoms with Gasteiger partial charge in [0, 0.05) is 0 Å². The van der Waals surface area contributed by atoms with Gasteiger partial charge in [-0.2, -0.15) is 0 Å². The van der Waals surface area contributed by atoms with Crippen molar-refractivity contribution >= 4 is 17.9 Å². The minimum absolute atomic E-state index is 0.0352. The van der Waals surface area contributed by atoms with Crippen molar-refractivity contribution in [3.8, 4) is 0 Å². The molecule has 0 amide bonds. The molecule has 5 atom stereocenters. The summed E-state index contributed by atoms with van der Waals surface area (Å²) in [4.78, 5) is 39.0. The molecular formula is C34H30O9. The second-order valence-corrected chi connectivity index (χ2v) is 9.76. The van der Waals surface area contributed by atoms with Crippen molar-refractivity contribution in [2.24, 2.45) is 0 Å². The Morgan fingerprint density at radius 3 is 1.53 bits per heavy atom. The number of rotatable bonds is 10. The SMILES string of the molecule is O=C(OC[C@@H]1O[C@H](O)[C@H](OC(=O)c2ccccc2)[C@@H](OCc2ccccc2)[C@@H]1OC(=O)c1ccccc1)c1ccccc1. The van der Waals surface area contributed by atoms with E-state index in [2.05, 4.69) is 0 Å². The van der Waals surface area contributed by atoms with Crippen LogP contribution < -0.4 is 0 Å². The van der Waals surface area contributed by atoms with Crippen LogP contribution in [-0.2, 0) is 30.3 Å². The summed E-state index contributed by atoms with van der Waals surface area (Å²) >= 11 is 0. The molecule has 43 heavy (non-hydrogen) atoms. The van der Waals surface area contributed by atoms with Crippen molar-refractivity contribution in [3.05, 3.63) is 144 Å². The quantitative estimate of drug-likeness (QED) is 0.212. The van der Waals surface area contributed by atoms with Gasteiger partial charge in [-0.25, -0.2) is 14.4 Å². The molecule has 0 spiro atoms. The zero-order chi connectivity index (χ0) is 30.0. The Bertz CT molecular complexity index is 1480. The molecule has 0 bridgehead atoms. The number of aliphatic hydroxyl groups is 1. The Morgan fingerprint density at radius 1 is 0.581 bits per heavy atom. The largest absolute Gasteiger partial charge is 0.459 e. The van der Waals surface area contributed by atoms with Gasteiger partial charge in [-0.1, -0.05) is 84.9 Å². The first-order chi connectivity index (χ1) is 21.0. The summed E-state index contributed by atoms with van der Waals surface area (Å²) in [5, 5.41) is 11.1. The number of carbonyl (C=O) groups is 3. The molecule has 9 heteroatoms. The molecule has 220 valence electrons. The lowest BCUT2D eigenvalue weighted by atomic mass is 9.97. The second-order valence-electron chi connectivity index (χ2n) is 9.76. The lowest BCUT2D eigenvalue weighted by Gasteiger charge is -2.43. The van der Waals surface area contributed by atoms with E-state index in [0.29, 0.717) is 5.56 Å². The number of benzene rings is 4. The fourth-order valence-electron chi connectivity index (χ4n) is 4.60. The topological polar surface area (TPSA) is 118 Å². The summed E-state index contributed by atoms with van der Waals surface area (Å²) in [7, 11) is 0. The van der Waals surface area contributed by atoms with Gasteiger partial charge in [0.2, 0.25) is 0 Å². The molecule has 5 rings (SSSR count). The van der Waals surface area contributed by atoms with Crippen LogP contribution in [0, 0.1) is 0 Å². The standard InChI is InChI=1S/C34H30O9/c35-31(24-15-7-2-8-16-24)40-22-27-28(42-32(36)25-17-9-3-10-18-25)29(39-21-23-13-5-1-6-14-23)30(34(38)41-27)43-33(37)26-19-11-4-12-20-26/h1-20,27-30,34,38H,21-22H2/t27-,28+,29-,30+,34-/m0/s1. The fourth-order valence-corrected chi connectivity index (χ4v) is 4.60. The third kappa shape index (κ3) is 7.72. The molecule has 0 aliphatic carbocycles. The van der Waals surface area contributed by atoms with E-state index in [1.54, 1.807) is 91.0 Å². The first-order valence-electron chi connectivity index (χ1n) is 13.7. The van der Waals surface area contributed by atoms with Crippen LogP contribution in [0.5, 0.6) is 0 Å². The first kappa shape index (κ1) is 29.7. The highest BCUT2D eigenvalue weighted by molar-refractivity contribution is 5.90. The molecule has 1 aliphatic heterocycles. The van der Waals surface area contributed by atoms with Gasteiger partial charge in [-0.05, 0) is 42.0 Å². The number of ether oxygens (including phenoxy) is 5. The average molecular weight is 583 g/mol. The van der Waals surface area contributed by atoms with E-state index in [9.17, 15) is 19.5 Å². The maximum Gasteiger partial charge on any atom is 0.338 e. The summed E-state index contributed by atoms with van der Waals surface area (Å²) in [6.07, 6.45) is -6.71. The highest BCUT2D eigenvalue weighted by Crippen LogP contribution is 2.30. The van der Waals surface area contributed by atoms with Crippen LogP contribution in [0.1, 0.15) is 36.6 Å². The Hall–Kier alpha value is -4.83. The molecule has 1 aliphatic rings. The van der Waals surface area contributed by atoms with E-state index < -0.39 is 48.6 Å². The zero-order valence-corrected chi connectivity index (χ0v) is 23.1. The highest BCUT2D eigenvalue weighted by atomic mass is 16.7. The van der Waals surface area contributed by atoms with Crippen LogP contribution in [-0.4, -0.2) is 60.3 Å². The van der Waals surface area contributed by atoms with Crippen LogP contribution in [0.15, 0.2) is 121 Å². The van der Waals surface area contributed by atoms with Crippen molar-refractivity contribution in [2.45, 2.75) is 37.3 Å². The first-order valence-corrected chi connectivity index (χ1v) is 13.7. The van der Waals surface area contributed by atoms with Crippen molar-refractivity contribution in [1.29, 1.82) is 0 Å². The molecule has 0 radical (unpaired) electrons. The summed E-state index contributed by atoms with van der Waals surface area (Å²) in [6, 6.07) is 34.1. The predicted octanol–water partition coefficient (Wildman–Crippen LogP) is 4.60. The summed E-state index contributed by atoms with van der Waals surface area (Å²) in [6.45, 7) is -0.352. The Labute approximate surface area is 248 Å². The molecule has 1 N–H and O–H groups in total. The molecule has 1 fully saturated rings. The van der Waals surface area contributed by atoms with Crippen molar-refractivity contribution in [1.82, 2.24) is 0 Å². The summed E-state index contributed by atoms with van der Waals surface area (Å²) in [5.74, 6) is -2.07. The summed E-state index contributed by atoms with van der Waals surface area (Å²) in [5.41, 5.74) is 1.60. The Kier molecular flexibility index (Phi) is 9.91. The normalized spacial score (nSPS) is 21.4. The lowest BCUT2D eigenvalue weighted by molar-refractivity contribution is -0.294. The van der Waals surface area contributed by atoms with Crippen molar-refractivity contribution in [3.63, 3.8) is 0 Å². The third-order valence-corrected chi connectivity index (χ3v) is 6.79. The molecule has 1 heterocycles. The minimum atomic E-state index is -1.69. The van der Waals surface area contributed by atoms with Gasteiger partial charge in [-0.15, -0.1) is 0 Å². The Balaban J connectivity index is 1.44. The molecule has 4 aromatic rings. The Morgan fingerprint density at radius 2 is 1.02 bits per heavy atom. The van der Waals surface area contributed by atoms with Crippen LogP contribution in [0.2, 0.25) is 0 Å². The van der Waals surface area contributed by atoms with E-state index in [1.807, 2.05) is 30.3 Å². The fraction of sp³-hybridized carbons (Fsp3) is 0.206. The molecule has 0 unspecified atom stereocenters. The van der Waals surface area contributed by atoms with Gasteiger partial charge < -0.3 is 28.8 Å². The van der Waals surface area contributed by atoms with Crippen LogP contribution >= 0.6 is 0 Å². The maximum absolute atomic E-state index is 13.3. The molecule has 0 aromatic heterocycles. The van der Waals surface area contributed by atoms with Crippen molar-refractivity contribution in [2.75, 3.05) is 6.61 Å². The minimum Gasteiger partial charge on any atom is -0.459 e. The monoisotopic (exact) mass is 582 g/mol. The molecule has 4 aromatic carbocycles. The lowest BCUT2D eigenvalue weighted by Crippen LogP contribution is -2.62. The van der Waals surface area contributed by atoms with Crippen LogP contribution in [0.25, 0.3) is 0 Å². The van der Waals surface area contributed by atoms with Gasteiger partial charge in [0.05, 0.1) is 23.3 Å². The number of aliphatic hydroxyl groups excluding tert-OH is 1. The van der Waals surface area contributed by atoms with Gasteiger partial charge >= 0.3 is 17.9 Å². The van der Waals surface area contributed by atoms with E-state index in [4.69, 9.17) is 23.7 Å². The smallest absolute Gasteiger partial charge is 0.338 e. The molecule has 1 saturated heterocycles. The van der Waals surface area contributed by atoms with Crippen molar-refractivity contribution < 1.29 is 43.2 Å². The highest BCUT2D eigenvalue weighted by Gasteiger charge is 2.51. The molecular weight excluding hydrogens is 552 g/mol.